The highest BCUT2D eigenvalue weighted by Crippen LogP contribution is 2.44. The van der Waals surface area contributed by atoms with E-state index in [0.29, 0.717) is 16.8 Å². The fourth-order valence-corrected chi connectivity index (χ4v) is 5.15. The van der Waals surface area contributed by atoms with E-state index in [1.54, 1.807) is 12.1 Å². The third kappa shape index (κ3) is 2.02. The summed E-state index contributed by atoms with van der Waals surface area (Å²) in [5.41, 5.74) is 6.21. The number of para-hydroxylation sites is 2. The van der Waals surface area contributed by atoms with Crippen molar-refractivity contribution in [2.75, 3.05) is 4.90 Å². The molecule has 2 amide bonds. The lowest BCUT2D eigenvalue weighted by Crippen LogP contribution is -2.29. The Kier molecular flexibility index (Phi) is 3.17. The molecule has 5 nitrogen and oxygen atoms in total. The van der Waals surface area contributed by atoms with Crippen molar-refractivity contribution in [1.82, 2.24) is 9.97 Å². The van der Waals surface area contributed by atoms with Gasteiger partial charge in [-0.25, -0.2) is 4.90 Å². The van der Waals surface area contributed by atoms with Crippen molar-refractivity contribution >= 4 is 61.1 Å². The van der Waals surface area contributed by atoms with Gasteiger partial charge in [-0.15, -0.1) is 0 Å². The molecular weight excluding hydrogens is 398 g/mol. The Morgan fingerprint density at radius 2 is 1.25 bits per heavy atom. The van der Waals surface area contributed by atoms with Crippen molar-refractivity contribution in [2.24, 2.45) is 0 Å². The Morgan fingerprint density at radius 3 is 1.97 bits per heavy atom. The summed E-state index contributed by atoms with van der Waals surface area (Å²) in [6, 6.07) is 23.2. The average molecular weight is 415 g/mol. The average Bonchev–Trinajstić information content (AvgIpc) is 3.44. The van der Waals surface area contributed by atoms with Crippen molar-refractivity contribution in [1.29, 1.82) is 0 Å². The van der Waals surface area contributed by atoms with Gasteiger partial charge in [-0.2, -0.15) is 0 Å². The molecule has 0 fully saturated rings. The number of carbonyl (C=O) groups is 2. The SMILES string of the molecule is Cc1ccc2[nH]c3c4[nH]c5ccccc5c4c4c(c3c2c1)C(=O)N(c1ccccc1)C4=O. The number of imide groups is 1. The number of aromatic nitrogens is 2. The van der Waals surface area contributed by atoms with Crippen molar-refractivity contribution < 1.29 is 9.59 Å². The largest absolute Gasteiger partial charge is 0.353 e. The fourth-order valence-electron chi connectivity index (χ4n) is 5.15. The molecule has 32 heavy (non-hydrogen) atoms. The third-order valence-electron chi connectivity index (χ3n) is 6.51. The lowest BCUT2D eigenvalue weighted by atomic mass is 9.96. The zero-order valence-corrected chi connectivity index (χ0v) is 17.2. The van der Waals surface area contributed by atoms with Crippen molar-refractivity contribution in [3.8, 4) is 0 Å². The molecule has 0 saturated heterocycles. The molecule has 0 bridgehead atoms. The molecule has 5 heteroatoms. The Labute approximate surface area is 182 Å². The van der Waals surface area contributed by atoms with Gasteiger partial charge in [0, 0.05) is 32.6 Å². The number of carbonyl (C=O) groups excluding carboxylic acids is 2. The quantitative estimate of drug-likeness (QED) is 0.320. The normalized spacial score (nSPS) is 13.8. The predicted octanol–water partition coefficient (Wildman–Crippen LogP) is 6.06. The number of fused-ring (bicyclic) bond motifs is 10. The van der Waals surface area contributed by atoms with Gasteiger partial charge in [0.15, 0.2) is 0 Å². The summed E-state index contributed by atoms with van der Waals surface area (Å²) in [6.45, 7) is 2.03. The monoisotopic (exact) mass is 415 g/mol. The second-order valence-corrected chi connectivity index (χ2v) is 8.38. The minimum Gasteiger partial charge on any atom is -0.353 e. The van der Waals surface area contributed by atoms with Crippen molar-refractivity contribution in [2.45, 2.75) is 6.92 Å². The highest BCUT2D eigenvalue weighted by molar-refractivity contribution is 6.45. The topological polar surface area (TPSA) is 69.0 Å². The summed E-state index contributed by atoms with van der Waals surface area (Å²) in [5, 5.41) is 3.48. The Hall–Kier alpha value is -4.38. The molecule has 152 valence electrons. The predicted molar refractivity (Wildman–Crippen MR) is 127 cm³/mol. The molecule has 0 unspecified atom stereocenters. The first kappa shape index (κ1) is 17.3. The second-order valence-electron chi connectivity index (χ2n) is 8.38. The van der Waals surface area contributed by atoms with Crippen molar-refractivity contribution in [3.63, 3.8) is 0 Å². The Morgan fingerprint density at radius 1 is 0.656 bits per heavy atom. The number of amides is 2. The van der Waals surface area contributed by atoms with E-state index in [-0.39, 0.29) is 11.8 Å². The maximum absolute atomic E-state index is 13.8. The van der Waals surface area contributed by atoms with Gasteiger partial charge in [0.05, 0.1) is 27.8 Å². The van der Waals surface area contributed by atoms with E-state index in [0.717, 1.165) is 49.2 Å². The van der Waals surface area contributed by atoms with Gasteiger partial charge in [0.2, 0.25) is 0 Å². The molecule has 0 spiro atoms. The summed E-state index contributed by atoms with van der Waals surface area (Å²) in [4.78, 5) is 36.0. The molecule has 1 aliphatic rings. The standard InChI is InChI=1S/C27H17N3O2/c1-14-11-12-19-17(13-14)21-23-22(26(31)30(27(23)32)15-7-3-2-4-8-15)20-16-9-5-6-10-18(16)28-24(20)25(21)29-19/h2-13,28-29H,1H3. The molecule has 2 aromatic heterocycles. The van der Waals surface area contributed by atoms with E-state index in [2.05, 4.69) is 16.0 Å². The van der Waals surface area contributed by atoms with Gasteiger partial charge >= 0.3 is 0 Å². The van der Waals surface area contributed by atoms with Crippen LogP contribution in [-0.4, -0.2) is 21.8 Å². The van der Waals surface area contributed by atoms with Crippen LogP contribution in [0.25, 0.3) is 43.6 Å². The molecule has 0 radical (unpaired) electrons. The van der Waals surface area contributed by atoms with Gasteiger partial charge < -0.3 is 9.97 Å². The molecule has 3 heterocycles. The van der Waals surface area contributed by atoms with Crippen LogP contribution in [0.2, 0.25) is 0 Å². The van der Waals surface area contributed by atoms with Crippen LogP contribution in [0.4, 0.5) is 5.69 Å². The number of rotatable bonds is 1. The summed E-state index contributed by atoms with van der Waals surface area (Å²) < 4.78 is 0. The molecule has 1 aliphatic heterocycles. The van der Waals surface area contributed by atoms with Gasteiger partial charge in [-0.1, -0.05) is 48.0 Å². The molecule has 0 saturated carbocycles. The maximum Gasteiger partial charge on any atom is 0.266 e. The molecule has 0 aliphatic carbocycles. The van der Waals surface area contributed by atoms with Crippen LogP contribution >= 0.6 is 0 Å². The first-order chi connectivity index (χ1) is 15.6. The minimum absolute atomic E-state index is 0.282. The second kappa shape index (κ2) is 5.86. The van der Waals surface area contributed by atoms with Gasteiger partial charge in [-0.05, 0) is 37.3 Å². The summed E-state index contributed by atoms with van der Waals surface area (Å²) >= 11 is 0. The number of aryl methyl sites for hydroxylation is 1. The number of hydrogen-bond donors (Lipinski definition) is 2. The van der Waals surface area contributed by atoms with Gasteiger partial charge in [0.1, 0.15) is 0 Å². The van der Waals surface area contributed by atoms with Crippen LogP contribution < -0.4 is 4.90 Å². The number of aromatic amines is 2. The highest BCUT2D eigenvalue weighted by Gasteiger charge is 2.41. The van der Waals surface area contributed by atoms with Crippen LogP contribution in [0, 0.1) is 6.92 Å². The maximum atomic E-state index is 13.8. The molecule has 2 N–H and O–H groups in total. The van der Waals surface area contributed by atoms with E-state index < -0.39 is 0 Å². The highest BCUT2D eigenvalue weighted by atomic mass is 16.2. The summed E-state index contributed by atoms with van der Waals surface area (Å²) in [5.74, 6) is -0.564. The van der Waals surface area contributed by atoms with Gasteiger partial charge in [-0.3, -0.25) is 9.59 Å². The van der Waals surface area contributed by atoms with Crippen LogP contribution in [0.3, 0.4) is 0 Å². The zero-order valence-electron chi connectivity index (χ0n) is 17.2. The van der Waals surface area contributed by atoms with E-state index >= 15 is 0 Å². The fraction of sp³-hybridized carbons (Fsp3) is 0.0370. The van der Waals surface area contributed by atoms with Crippen molar-refractivity contribution in [3.05, 3.63) is 89.5 Å². The van der Waals surface area contributed by atoms with Crippen LogP contribution in [0.1, 0.15) is 26.3 Å². The number of nitrogens with zero attached hydrogens (tertiary/aromatic N) is 1. The number of benzene rings is 4. The van der Waals surface area contributed by atoms with E-state index in [1.165, 1.54) is 4.90 Å². The molecule has 7 rings (SSSR count). The Bertz CT molecular complexity index is 1770. The first-order valence-electron chi connectivity index (χ1n) is 10.6. The number of nitrogens with one attached hydrogen (secondary N) is 2. The molecule has 6 aromatic rings. The van der Waals surface area contributed by atoms with Gasteiger partial charge in [0.25, 0.3) is 11.8 Å². The summed E-state index contributed by atoms with van der Waals surface area (Å²) in [7, 11) is 0. The number of H-pyrrole nitrogens is 2. The number of hydrogen-bond acceptors (Lipinski definition) is 2. The third-order valence-corrected chi connectivity index (χ3v) is 6.51. The zero-order chi connectivity index (χ0) is 21.6. The van der Waals surface area contributed by atoms with E-state index in [4.69, 9.17) is 0 Å². The minimum atomic E-state index is -0.283. The van der Waals surface area contributed by atoms with E-state index in [9.17, 15) is 9.59 Å². The van der Waals surface area contributed by atoms with Crippen LogP contribution in [0.15, 0.2) is 72.8 Å². The Balaban J connectivity index is 1.73. The van der Waals surface area contributed by atoms with E-state index in [1.807, 2.05) is 61.5 Å². The lowest BCUT2D eigenvalue weighted by Gasteiger charge is -2.13. The molecule has 4 aromatic carbocycles. The van der Waals surface area contributed by atoms with Crippen LogP contribution in [0.5, 0.6) is 0 Å². The first-order valence-corrected chi connectivity index (χ1v) is 10.6. The number of anilines is 1. The molecular formula is C27H17N3O2. The van der Waals surface area contributed by atoms with Crippen LogP contribution in [-0.2, 0) is 0 Å². The summed E-state index contributed by atoms with van der Waals surface area (Å²) in [6.07, 6.45) is 0. The molecule has 0 atom stereocenters. The smallest absolute Gasteiger partial charge is 0.266 e. The lowest BCUT2D eigenvalue weighted by molar-refractivity contribution is 0.0927.